The number of ether oxygens (including phenoxy) is 2. The number of aromatic nitrogens is 3. The summed E-state index contributed by atoms with van der Waals surface area (Å²) in [5, 5.41) is 15.0. The molecule has 1 aliphatic rings. The van der Waals surface area contributed by atoms with E-state index in [1.165, 1.54) is 0 Å². The molecule has 1 amide bonds. The van der Waals surface area contributed by atoms with Crippen LogP contribution < -0.4 is 14.8 Å². The Labute approximate surface area is 168 Å². The molecule has 150 valence electrons. The van der Waals surface area contributed by atoms with E-state index in [1.807, 2.05) is 32.0 Å². The molecular weight excluding hydrogens is 372 g/mol. The number of hydrogen-bond donors (Lipinski definition) is 1. The van der Waals surface area contributed by atoms with Crippen LogP contribution in [0.4, 0.5) is 0 Å². The zero-order valence-corrected chi connectivity index (χ0v) is 16.6. The molecule has 0 fully saturated rings. The molecule has 3 aromatic rings. The largest absolute Gasteiger partial charge is 0.488 e. The van der Waals surface area contributed by atoms with E-state index in [4.69, 9.17) is 14.0 Å². The van der Waals surface area contributed by atoms with Crippen LogP contribution in [-0.4, -0.2) is 41.0 Å². The molecule has 1 atom stereocenters. The number of hydrogen-bond acceptors (Lipinski definition) is 7. The van der Waals surface area contributed by atoms with Crippen LogP contribution in [0.15, 0.2) is 34.9 Å². The van der Waals surface area contributed by atoms with Gasteiger partial charge in [0.25, 0.3) is 0 Å². The van der Waals surface area contributed by atoms with Crippen molar-refractivity contribution in [3.63, 3.8) is 0 Å². The van der Waals surface area contributed by atoms with Gasteiger partial charge in [-0.1, -0.05) is 5.16 Å². The first-order valence-corrected chi connectivity index (χ1v) is 9.39. The molecule has 3 heterocycles. The number of carbonyl (C=O) groups is 1. The summed E-state index contributed by atoms with van der Waals surface area (Å²) in [4.78, 5) is 12.3. The molecule has 1 N–H and O–H groups in total. The average Bonchev–Trinajstić information content (AvgIpc) is 3.29. The van der Waals surface area contributed by atoms with E-state index in [2.05, 4.69) is 26.7 Å². The summed E-state index contributed by atoms with van der Waals surface area (Å²) in [7, 11) is 1.56. The lowest BCUT2D eigenvalue weighted by Gasteiger charge is -2.11. The highest BCUT2D eigenvalue weighted by atomic mass is 16.5. The van der Waals surface area contributed by atoms with Gasteiger partial charge in [-0.05, 0) is 43.7 Å². The number of benzene rings is 1. The van der Waals surface area contributed by atoms with Gasteiger partial charge in [-0.3, -0.25) is 4.79 Å². The second kappa shape index (κ2) is 7.90. The molecule has 0 aliphatic carbocycles. The van der Waals surface area contributed by atoms with Gasteiger partial charge >= 0.3 is 0 Å². The van der Waals surface area contributed by atoms with Crippen LogP contribution in [0.3, 0.4) is 0 Å². The molecule has 0 saturated carbocycles. The van der Waals surface area contributed by atoms with Crippen LogP contribution in [0.1, 0.15) is 22.6 Å². The first kappa shape index (κ1) is 18.9. The third-order valence-corrected chi connectivity index (χ3v) is 4.99. The quantitative estimate of drug-likeness (QED) is 0.685. The van der Waals surface area contributed by atoms with Crippen LogP contribution in [0.5, 0.6) is 11.6 Å². The molecule has 29 heavy (non-hydrogen) atoms. The smallest absolute Gasteiger partial charge is 0.233 e. The molecule has 0 saturated heterocycles. The molecule has 8 heteroatoms. The second-order valence-electron chi connectivity index (χ2n) is 7.01. The van der Waals surface area contributed by atoms with Crippen molar-refractivity contribution in [3.8, 4) is 22.9 Å². The summed E-state index contributed by atoms with van der Waals surface area (Å²) in [6, 6.07) is 9.59. The van der Waals surface area contributed by atoms with Crippen molar-refractivity contribution in [2.75, 3.05) is 13.7 Å². The second-order valence-corrected chi connectivity index (χ2v) is 7.01. The predicted octanol–water partition coefficient (Wildman–Crippen LogP) is 2.42. The van der Waals surface area contributed by atoms with Gasteiger partial charge in [0.2, 0.25) is 11.8 Å². The number of rotatable bonds is 6. The molecule has 0 bridgehead atoms. The minimum atomic E-state index is -0.101. The van der Waals surface area contributed by atoms with E-state index in [1.54, 1.807) is 13.2 Å². The Morgan fingerprint density at radius 1 is 1.24 bits per heavy atom. The van der Waals surface area contributed by atoms with Gasteiger partial charge in [0.05, 0.1) is 31.5 Å². The van der Waals surface area contributed by atoms with Gasteiger partial charge in [0.1, 0.15) is 17.6 Å². The number of carbonyl (C=O) groups excluding carboxylic acids is 1. The molecule has 0 radical (unpaired) electrons. The van der Waals surface area contributed by atoms with Gasteiger partial charge in [-0.2, -0.15) is 0 Å². The van der Waals surface area contributed by atoms with Gasteiger partial charge < -0.3 is 19.3 Å². The molecule has 2 aromatic heterocycles. The van der Waals surface area contributed by atoms with Crippen molar-refractivity contribution in [1.82, 2.24) is 20.7 Å². The Hall–Kier alpha value is -3.42. The summed E-state index contributed by atoms with van der Waals surface area (Å²) >= 11 is 0. The molecular formula is C21H22N4O4. The third-order valence-electron chi connectivity index (χ3n) is 4.99. The van der Waals surface area contributed by atoms with Gasteiger partial charge in [-0.15, -0.1) is 10.2 Å². The van der Waals surface area contributed by atoms with E-state index in [-0.39, 0.29) is 18.4 Å². The maximum atomic E-state index is 12.3. The van der Waals surface area contributed by atoms with E-state index < -0.39 is 0 Å². The highest BCUT2D eigenvalue weighted by molar-refractivity contribution is 5.79. The minimum Gasteiger partial charge on any atom is -0.488 e. The standard InChI is InChI=1S/C21H22N4O4/c1-12-17(13(2)29-25-12)10-20(26)22-11-16-9-15-8-14(4-6-19(15)28-16)18-5-7-21(27-3)24-23-18/h4-8,16H,9-11H2,1-3H3,(H,22,26). The lowest BCUT2D eigenvalue weighted by Crippen LogP contribution is -2.35. The lowest BCUT2D eigenvalue weighted by atomic mass is 10.0. The highest BCUT2D eigenvalue weighted by Crippen LogP contribution is 2.32. The molecule has 8 nitrogen and oxygen atoms in total. The monoisotopic (exact) mass is 394 g/mol. The number of amides is 1. The molecule has 4 rings (SSSR count). The van der Waals surface area contributed by atoms with E-state index in [0.717, 1.165) is 40.2 Å². The number of fused-ring (bicyclic) bond motifs is 1. The van der Waals surface area contributed by atoms with Crippen molar-refractivity contribution in [2.45, 2.75) is 32.8 Å². The van der Waals surface area contributed by atoms with Crippen LogP contribution in [0, 0.1) is 13.8 Å². The Morgan fingerprint density at radius 3 is 2.79 bits per heavy atom. The van der Waals surface area contributed by atoms with E-state index >= 15 is 0 Å². The Bertz CT molecular complexity index is 1010. The Kier molecular flexibility index (Phi) is 5.16. The Morgan fingerprint density at radius 2 is 2.10 bits per heavy atom. The van der Waals surface area contributed by atoms with Crippen molar-refractivity contribution < 1.29 is 18.8 Å². The maximum absolute atomic E-state index is 12.3. The number of nitrogens with zero attached hydrogens (tertiary/aromatic N) is 3. The summed E-state index contributed by atoms with van der Waals surface area (Å²) in [5.74, 6) is 1.91. The summed E-state index contributed by atoms with van der Waals surface area (Å²) in [5.41, 5.74) is 4.40. The zero-order valence-electron chi connectivity index (χ0n) is 16.6. The van der Waals surface area contributed by atoms with Crippen LogP contribution >= 0.6 is 0 Å². The van der Waals surface area contributed by atoms with Crippen molar-refractivity contribution >= 4 is 5.91 Å². The topological polar surface area (TPSA) is 99.4 Å². The van der Waals surface area contributed by atoms with Crippen LogP contribution in [-0.2, 0) is 17.6 Å². The van der Waals surface area contributed by atoms with E-state index in [0.29, 0.717) is 18.2 Å². The fourth-order valence-electron chi connectivity index (χ4n) is 3.38. The normalized spacial score (nSPS) is 14.9. The van der Waals surface area contributed by atoms with Crippen LogP contribution in [0.2, 0.25) is 0 Å². The van der Waals surface area contributed by atoms with Crippen molar-refractivity contribution in [3.05, 3.63) is 52.9 Å². The van der Waals surface area contributed by atoms with E-state index in [9.17, 15) is 4.79 Å². The average molecular weight is 394 g/mol. The number of methoxy groups -OCH3 is 1. The number of nitrogens with one attached hydrogen (secondary N) is 1. The number of aryl methyl sites for hydroxylation is 2. The van der Waals surface area contributed by atoms with Gasteiger partial charge in [-0.25, -0.2) is 0 Å². The SMILES string of the molecule is COc1ccc(-c2ccc3c(c2)CC(CNC(=O)Cc2c(C)noc2C)O3)nn1. The molecule has 1 aliphatic heterocycles. The predicted molar refractivity (Wildman–Crippen MR) is 105 cm³/mol. The molecule has 1 unspecified atom stereocenters. The van der Waals surface area contributed by atoms with Crippen LogP contribution in [0.25, 0.3) is 11.3 Å². The zero-order chi connectivity index (χ0) is 20.4. The van der Waals surface area contributed by atoms with Crippen molar-refractivity contribution in [1.29, 1.82) is 0 Å². The molecule has 1 aromatic carbocycles. The minimum absolute atomic E-state index is 0.0758. The first-order valence-electron chi connectivity index (χ1n) is 9.39. The Balaban J connectivity index is 1.35. The summed E-state index contributed by atoms with van der Waals surface area (Å²) in [6.07, 6.45) is 0.871. The summed E-state index contributed by atoms with van der Waals surface area (Å²) < 4.78 is 16.1. The maximum Gasteiger partial charge on any atom is 0.233 e. The van der Waals surface area contributed by atoms with Crippen molar-refractivity contribution in [2.24, 2.45) is 0 Å². The summed E-state index contributed by atoms with van der Waals surface area (Å²) in [6.45, 7) is 4.08. The fourth-order valence-corrected chi connectivity index (χ4v) is 3.38. The fraction of sp³-hybridized carbons (Fsp3) is 0.333. The lowest BCUT2D eigenvalue weighted by molar-refractivity contribution is -0.120. The third kappa shape index (κ3) is 4.06. The van der Waals surface area contributed by atoms with Gasteiger partial charge in [0.15, 0.2) is 0 Å². The molecule has 0 spiro atoms. The van der Waals surface area contributed by atoms with Gasteiger partial charge in [0, 0.05) is 23.6 Å². The first-order chi connectivity index (χ1) is 14.0. The highest BCUT2D eigenvalue weighted by Gasteiger charge is 2.24.